The second-order valence-corrected chi connectivity index (χ2v) is 4.50. The van der Waals surface area contributed by atoms with Gasteiger partial charge in [-0.1, -0.05) is 6.07 Å². The molecule has 0 atom stereocenters. The number of phenols is 1. The molecule has 1 aromatic rings. The normalized spacial score (nSPS) is 12.8. The van der Waals surface area contributed by atoms with E-state index in [1.807, 2.05) is 0 Å². The fourth-order valence-electron chi connectivity index (χ4n) is 1.48. The van der Waals surface area contributed by atoms with Gasteiger partial charge < -0.3 is 20.3 Å². The summed E-state index contributed by atoms with van der Waals surface area (Å²) in [6.45, 7) is 0. The van der Waals surface area contributed by atoms with Gasteiger partial charge in [-0.3, -0.25) is 4.79 Å². The minimum absolute atomic E-state index is 0.200. The van der Waals surface area contributed by atoms with Crippen molar-refractivity contribution in [1.82, 2.24) is 0 Å². The number of nitrogens with one attached hydrogen (secondary N) is 1. The Hall–Kier alpha value is -2.53. The maximum atomic E-state index is 13.2. The maximum Gasteiger partial charge on any atom is 0.460 e. The van der Waals surface area contributed by atoms with Crippen molar-refractivity contribution in [2.75, 3.05) is 5.32 Å². The minimum Gasteiger partial charge on any atom is -0.550 e. The molecule has 0 fully saturated rings. The molecule has 0 heterocycles. The van der Waals surface area contributed by atoms with Gasteiger partial charge in [0.25, 0.3) is 0 Å². The molecule has 1 rings (SSSR count). The molecule has 2 N–H and O–H groups in total. The van der Waals surface area contributed by atoms with Crippen LogP contribution in [0.3, 0.4) is 0 Å². The molecule has 0 aliphatic heterocycles. The second kappa shape index (κ2) is 6.17. The van der Waals surface area contributed by atoms with Crippen LogP contribution in [0, 0.1) is 0 Å². The molecule has 5 nitrogen and oxygen atoms in total. The fourth-order valence-corrected chi connectivity index (χ4v) is 1.48. The van der Waals surface area contributed by atoms with E-state index in [4.69, 9.17) is 0 Å². The first-order valence-corrected chi connectivity index (χ1v) is 5.85. The molecule has 1 aromatic carbocycles. The second-order valence-electron chi connectivity index (χ2n) is 4.50. The van der Waals surface area contributed by atoms with Crippen LogP contribution < -0.4 is 10.4 Å². The van der Waals surface area contributed by atoms with E-state index >= 15 is 0 Å². The average molecular weight is 362 g/mol. The Labute approximate surface area is 128 Å². The zero-order valence-electron chi connectivity index (χ0n) is 11.3. The number of hydrogen-bond donors (Lipinski definition) is 2. The summed E-state index contributed by atoms with van der Waals surface area (Å²) in [4.78, 5) is 21.5. The van der Waals surface area contributed by atoms with Gasteiger partial charge in [-0.25, -0.2) is 0 Å². The number of phenolic OH excluding ortho intramolecular Hbond substituents is 1. The highest BCUT2D eigenvalue weighted by atomic mass is 19.4. The molecule has 134 valence electrons. The number of amides is 1. The number of anilines is 1. The van der Waals surface area contributed by atoms with Crippen LogP contribution in [0.2, 0.25) is 0 Å². The SMILES string of the molecule is O=C([O-])Cc1ccc(O)c(NC(=O)C(F)(F)C(F)(F)C(F)(F)F)c1. The summed E-state index contributed by atoms with van der Waals surface area (Å²) in [7, 11) is 0. The Bertz CT molecular complexity index is 657. The molecule has 0 aromatic heterocycles. The van der Waals surface area contributed by atoms with Gasteiger partial charge in [0, 0.05) is 12.4 Å². The highest BCUT2D eigenvalue weighted by Gasteiger charge is 2.76. The first kappa shape index (κ1) is 19.5. The zero-order chi connectivity index (χ0) is 18.9. The number of halogens is 7. The summed E-state index contributed by atoms with van der Waals surface area (Å²) in [5.41, 5.74) is -1.18. The lowest BCUT2D eigenvalue weighted by Crippen LogP contribution is -2.57. The van der Waals surface area contributed by atoms with Crippen molar-refractivity contribution < 1.29 is 50.5 Å². The van der Waals surface area contributed by atoms with Crippen LogP contribution >= 0.6 is 0 Å². The van der Waals surface area contributed by atoms with Crippen molar-refractivity contribution in [2.24, 2.45) is 0 Å². The number of carbonyl (C=O) groups excluding carboxylic acids is 2. The Balaban J connectivity index is 3.13. The molecule has 1 amide bonds. The Kier molecular flexibility index (Phi) is 5.02. The third kappa shape index (κ3) is 3.68. The van der Waals surface area contributed by atoms with Crippen LogP contribution in [-0.2, 0) is 16.0 Å². The van der Waals surface area contributed by atoms with Crippen LogP contribution in [-0.4, -0.2) is 35.0 Å². The average Bonchev–Trinajstić information content (AvgIpc) is 2.40. The molecule has 12 heteroatoms. The Morgan fingerprint density at radius 1 is 1.08 bits per heavy atom. The lowest BCUT2D eigenvalue weighted by molar-refractivity contribution is -0.343. The van der Waals surface area contributed by atoms with Crippen molar-refractivity contribution >= 4 is 17.6 Å². The number of alkyl halides is 7. The molecule has 0 aliphatic rings. The maximum absolute atomic E-state index is 13.2. The van der Waals surface area contributed by atoms with Crippen LogP contribution in [0.25, 0.3) is 0 Å². The van der Waals surface area contributed by atoms with E-state index in [0.29, 0.717) is 12.1 Å². The van der Waals surface area contributed by atoms with Gasteiger partial charge in [0.2, 0.25) is 0 Å². The summed E-state index contributed by atoms with van der Waals surface area (Å²) < 4.78 is 87.7. The third-order valence-electron chi connectivity index (χ3n) is 2.69. The van der Waals surface area contributed by atoms with Crippen molar-refractivity contribution in [3.05, 3.63) is 23.8 Å². The number of carbonyl (C=O) groups is 2. The van der Waals surface area contributed by atoms with Crippen molar-refractivity contribution in [1.29, 1.82) is 0 Å². The molecular formula is C12H7F7NO4-. The molecular weight excluding hydrogens is 355 g/mol. The first-order valence-electron chi connectivity index (χ1n) is 5.85. The summed E-state index contributed by atoms with van der Waals surface area (Å²) in [6, 6.07) is 2.29. The van der Waals surface area contributed by atoms with Crippen molar-refractivity contribution in [3.8, 4) is 5.75 Å². The van der Waals surface area contributed by atoms with Gasteiger partial charge in [-0.15, -0.1) is 0 Å². The lowest BCUT2D eigenvalue weighted by atomic mass is 10.1. The van der Waals surface area contributed by atoms with Crippen LogP contribution in [0.15, 0.2) is 18.2 Å². The van der Waals surface area contributed by atoms with Gasteiger partial charge in [0.05, 0.1) is 5.69 Å². The first-order chi connectivity index (χ1) is 10.7. The number of hydrogen-bond acceptors (Lipinski definition) is 4. The molecule has 0 aliphatic carbocycles. The van der Waals surface area contributed by atoms with Crippen LogP contribution in [0.1, 0.15) is 5.56 Å². The van der Waals surface area contributed by atoms with Gasteiger partial charge >= 0.3 is 23.9 Å². The van der Waals surface area contributed by atoms with E-state index in [-0.39, 0.29) is 5.56 Å². The molecule has 0 spiro atoms. The van der Waals surface area contributed by atoms with Gasteiger partial charge in [0.15, 0.2) is 0 Å². The standard InChI is InChI=1S/C12H8F7NO4/c13-10(14,11(15,16)12(17,18)19)9(24)20-6-3-5(4-8(22)23)1-2-7(6)21/h1-3,21H,4H2,(H,20,24)(H,22,23)/p-1. The smallest absolute Gasteiger partial charge is 0.460 e. The summed E-state index contributed by atoms with van der Waals surface area (Å²) >= 11 is 0. The lowest BCUT2D eigenvalue weighted by Gasteiger charge is -2.27. The van der Waals surface area contributed by atoms with E-state index in [1.165, 1.54) is 0 Å². The van der Waals surface area contributed by atoms with Gasteiger partial charge in [0.1, 0.15) is 5.75 Å². The summed E-state index contributed by atoms with van der Waals surface area (Å²) in [5, 5.41) is 20.7. The molecule has 0 saturated carbocycles. The monoisotopic (exact) mass is 362 g/mol. The predicted molar refractivity (Wildman–Crippen MR) is 61.4 cm³/mol. The van der Waals surface area contributed by atoms with Crippen LogP contribution in [0.4, 0.5) is 36.4 Å². The highest BCUT2D eigenvalue weighted by molar-refractivity contribution is 5.98. The number of aliphatic carboxylic acids is 1. The van der Waals surface area contributed by atoms with Crippen molar-refractivity contribution in [3.63, 3.8) is 0 Å². The Morgan fingerprint density at radius 2 is 1.62 bits per heavy atom. The number of aromatic hydroxyl groups is 1. The van der Waals surface area contributed by atoms with Gasteiger partial charge in [-0.05, 0) is 17.7 Å². The zero-order valence-corrected chi connectivity index (χ0v) is 11.3. The third-order valence-corrected chi connectivity index (χ3v) is 2.69. The topological polar surface area (TPSA) is 89.5 Å². The minimum atomic E-state index is -6.70. The van der Waals surface area contributed by atoms with Crippen LogP contribution in [0.5, 0.6) is 5.75 Å². The summed E-state index contributed by atoms with van der Waals surface area (Å²) in [6.07, 6.45) is -7.50. The molecule has 0 radical (unpaired) electrons. The largest absolute Gasteiger partial charge is 0.550 e. The number of carboxylic acid groups (broad SMARTS) is 1. The number of benzene rings is 1. The molecule has 24 heavy (non-hydrogen) atoms. The molecule has 0 saturated heterocycles. The van der Waals surface area contributed by atoms with Crippen molar-refractivity contribution in [2.45, 2.75) is 24.4 Å². The summed E-state index contributed by atoms with van der Waals surface area (Å²) in [5.74, 6) is -18.5. The predicted octanol–water partition coefficient (Wildman–Crippen LogP) is 1.46. The van der Waals surface area contributed by atoms with E-state index in [0.717, 1.165) is 11.4 Å². The van der Waals surface area contributed by atoms with Gasteiger partial charge in [-0.2, -0.15) is 30.7 Å². The highest BCUT2D eigenvalue weighted by Crippen LogP contribution is 2.47. The fraction of sp³-hybridized carbons (Fsp3) is 0.333. The van der Waals surface area contributed by atoms with E-state index in [1.54, 1.807) is 0 Å². The van der Waals surface area contributed by atoms with E-state index < -0.39 is 47.8 Å². The number of rotatable bonds is 5. The quantitative estimate of drug-likeness (QED) is 0.613. The Morgan fingerprint density at radius 3 is 2.08 bits per heavy atom. The molecule has 0 unspecified atom stereocenters. The van der Waals surface area contributed by atoms with E-state index in [2.05, 4.69) is 0 Å². The van der Waals surface area contributed by atoms with E-state index in [9.17, 15) is 50.5 Å². The number of carboxylic acids is 1. The molecule has 0 bridgehead atoms.